The molecule has 0 aliphatic carbocycles. The maximum Gasteiger partial charge on any atom is 0.344 e. The van der Waals surface area contributed by atoms with Crippen molar-refractivity contribution in [1.82, 2.24) is 5.32 Å². The van der Waals surface area contributed by atoms with E-state index in [-0.39, 0.29) is 13.2 Å². The molecular formula is C17H19NO6. The molecule has 1 heterocycles. The molecular weight excluding hydrogens is 314 g/mol. The van der Waals surface area contributed by atoms with E-state index in [2.05, 4.69) is 5.32 Å². The highest BCUT2D eigenvalue weighted by Crippen LogP contribution is 2.16. The first-order valence-electron chi connectivity index (χ1n) is 7.35. The van der Waals surface area contributed by atoms with Crippen LogP contribution in [0.4, 0.5) is 0 Å². The molecule has 24 heavy (non-hydrogen) atoms. The SMILES string of the molecule is COc1ccc(OCC(=O)O[C@H](C)C(=O)NCc2ccco2)cc1. The monoisotopic (exact) mass is 333 g/mol. The van der Waals surface area contributed by atoms with Crippen LogP contribution in [0.1, 0.15) is 12.7 Å². The van der Waals surface area contributed by atoms with E-state index in [0.29, 0.717) is 17.3 Å². The quantitative estimate of drug-likeness (QED) is 0.743. The fourth-order valence-electron chi connectivity index (χ4n) is 1.83. The summed E-state index contributed by atoms with van der Waals surface area (Å²) in [6.07, 6.45) is 0.591. The second kappa shape index (κ2) is 8.61. The lowest BCUT2D eigenvalue weighted by atomic mass is 10.3. The van der Waals surface area contributed by atoms with E-state index in [1.165, 1.54) is 13.2 Å². The Bertz CT molecular complexity index is 650. The number of esters is 1. The number of benzene rings is 1. The number of nitrogens with one attached hydrogen (secondary N) is 1. The van der Waals surface area contributed by atoms with Gasteiger partial charge in [-0.3, -0.25) is 4.79 Å². The summed E-state index contributed by atoms with van der Waals surface area (Å²) in [7, 11) is 1.56. The van der Waals surface area contributed by atoms with Crippen molar-refractivity contribution in [3.63, 3.8) is 0 Å². The smallest absolute Gasteiger partial charge is 0.344 e. The third kappa shape index (κ3) is 5.35. The Labute approximate surface area is 139 Å². The van der Waals surface area contributed by atoms with Crippen LogP contribution in [0.15, 0.2) is 47.1 Å². The first kappa shape index (κ1) is 17.4. The summed E-state index contributed by atoms with van der Waals surface area (Å²) in [6.45, 7) is 1.43. The molecule has 0 spiro atoms. The van der Waals surface area contributed by atoms with E-state index < -0.39 is 18.0 Å². The fourth-order valence-corrected chi connectivity index (χ4v) is 1.83. The van der Waals surface area contributed by atoms with Crippen LogP contribution in [0.2, 0.25) is 0 Å². The second-order valence-corrected chi connectivity index (χ2v) is 4.89. The molecule has 0 aliphatic rings. The normalized spacial score (nSPS) is 11.4. The molecule has 0 aliphatic heterocycles. The van der Waals surface area contributed by atoms with Crippen molar-refractivity contribution in [2.24, 2.45) is 0 Å². The molecule has 1 atom stereocenters. The lowest BCUT2D eigenvalue weighted by molar-refractivity contribution is -0.156. The third-order valence-corrected chi connectivity index (χ3v) is 3.11. The van der Waals surface area contributed by atoms with Crippen LogP contribution in [0, 0.1) is 0 Å². The summed E-state index contributed by atoms with van der Waals surface area (Å²) in [5.74, 6) is 0.759. The van der Waals surface area contributed by atoms with Crippen LogP contribution in [-0.2, 0) is 20.9 Å². The Morgan fingerprint density at radius 3 is 2.50 bits per heavy atom. The standard InChI is InChI=1S/C17H19NO6/c1-12(17(20)18-10-15-4-3-9-22-15)24-16(19)11-23-14-7-5-13(21-2)6-8-14/h3-9,12H,10-11H2,1-2H3,(H,18,20)/t12-/m1/s1. The summed E-state index contributed by atoms with van der Waals surface area (Å²) in [6, 6.07) is 10.2. The molecule has 2 rings (SSSR count). The highest BCUT2D eigenvalue weighted by atomic mass is 16.6. The van der Waals surface area contributed by atoms with E-state index >= 15 is 0 Å². The summed E-state index contributed by atoms with van der Waals surface area (Å²) in [4.78, 5) is 23.6. The minimum Gasteiger partial charge on any atom is -0.497 e. The Kier molecular flexibility index (Phi) is 6.24. The van der Waals surface area contributed by atoms with Gasteiger partial charge in [-0.1, -0.05) is 0 Å². The average Bonchev–Trinajstić information content (AvgIpc) is 3.11. The summed E-state index contributed by atoms with van der Waals surface area (Å²) in [5, 5.41) is 2.61. The number of hydrogen-bond donors (Lipinski definition) is 1. The number of furan rings is 1. The Balaban J connectivity index is 1.71. The van der Waals surface area contributed by atoms with Gasteiger partial charge in [-0.25, -0.2) is 4.79 Å². The Hall–Kier alpha value is -2.96. The van der Waals surface area contributed by atoms with Crippen molar-refractivity contribution in [3.8, 4) is 11.5 Å². The number of carbonyl (C=O) groups excluding carboxylic acids is 2. The van der Waals surface area contributed by atoms with Crippen molar-refractivity contribution in [1.29, 1.82) is 0 Å². The highest BCUT2D eigenvalue weighted by molar-refractivity contribution is 5.83. The Morgan fingerprint density at radius 1 is 1.17 bits per heavy atom. The molecule has 0 saturated heterocycles. The number of amides is 1. The van der Waals surface area contributed by atoms with Gasteiger partial charge in [-0.2, -0.15) is 0 Å². The molecule has 1 aromatic heterocycles. The van der Waals surface area contributed by atoms with Gasteiger partial charge < -0.3 is 23.9 Å². The maximum absolute atomic E-state index is 11.8. The van der Waals surface area contributed by atoms with Gasteiger partial charge in [0.25, 0.3) is 5.91 Å². The van der Waals surface area contributed by atoms with Gasteiger partial charge >= 0.3 is 5.97 Å². The minimum absolute atomic E-state index is 0.232. The number of rotatable bonds is 8. The largest absolute Gasteiger partial charge is 0.497 e. The fraction of sp³-hybridized carbons (Fsp3) is 0.294. The lowest BCUT2D eigenvalue weighted by Gasteiger charge is -2.13. The van der Waals surface area contributed by atoms with Crippen LogP contribution in [0.3, 0.4) is 0 Å². The van der Waals surface area contributed by atoms with Gasteiger partial charge in [0, 0.05) is 0 Å². The number of hydrogen-bond acceptors (Lipinski definition) is 6. The lowest BCUT2D eigenvalue weighted by Crippen LogP contribution is -2.36. The molecule has 1 aromatic carbocycles. The van der Waals surface area contributed by atoms with E-state index in [0.717, 1.165) is 0 Å². The third-order valence-electron chi connectivity index (χ3n) is 3.11. The van der Waals surface area contributed by atoms with E-state index in [1.807, 2.05) is 0 Å². The van der Waals surface area contributed by atoms with Crippen molar-refractivity contribution >= 4 is 11.9 Å². The van der Waals surface area contributed by atoms with Crippen molar-refractivity contribution < 1.29 is 28.2 Å². The van der Waals surface area contributed by atoms with Crippen LogP contribution >= 0.6 is 0 Å². The number of methoxy groups -OCH3 is 1. The van der Waals surface area contributed by atoms with Gasteiger partial charge in [-0.15, -0.1) is 0 Å². The van der Waals surface area contributed by atoms with Gasteiger partial charge in [0.2, 0.25) is 0 Å². The molecule has 1 amide bonds. The van der Waals surface area contributed by atoms with E-state index in [4.69, 9.17) is 18.6 Å². The summed E-state index contributed by atoms with van der Waals surface area (Å²) < 4.78 is 20.4. The molecule has 0 fully saturated rings. The Morgan fingerprint density at radius 2 is 1.88 bits per heavy atom. The zero-order valence-electron chi connectivity index (χ0n) is 13.5. The predicted molar refractivity (Wildman–Crippen MR) is 84.6 cm³/mol. The summed E-state index contributed by atoms with van der Waals surface area (Å²) in [5.41, 5.74) is 0. The maximum atomic E-state index is 11.8. The van der Waals surface area contributed by atoms with Crippen molar-refractivity contribution in [3.05, 3.63) is 48.4 Å². The van der Waals surface area contributed by atoms with Crippen LogP contribution < -0.4 is 14.8 Å². The van der Waals surface area contributed by atoms with E-state index in [1.54, 1.807) is 43.5 Å². The molecule has 1 N–H and O–H groups in total. The predicted octanol–water partition coefficient (Wildman–Crippen LogP) is 1.92. The minimum atomic E-state index is -0.924. The molecule has 2 aromatic rings. The van der Waals surface area contributed by atoms with Gasteiger partial charge in [0.1, 0.15) is 17.3 Å². The van der Waals surface area contributed by atoms with Crippen molar-refractivity contribution in [2.75, 3.05) is 13.7 Å². The zero-order valence-corrected chi connectivity index (χ0v) is 13.5. The molecule has 0 saturated carbocycles. The van der Waals surface area contributed by atoms with Crippen LogP contribution in [0.5, 0.6) is 11.5 Å². The molecule has 0 unspecified atom stereocenters. The van der Waals surface area contributed by atoms with Gasteiger partial charge in [-0.05, 0) is 43.3 Å². The topological polar surface area (TPSA) is 87.0 Å². The molecule has 0 bridgehead atoms. The molecule has 128 valence electrons. The molecule has 7 nitrogen and oxygen atoms in total. The van der Waals surface area contributed by atoms with Gasteiger partial charge in [0.15, 0.2) is 12.7 Å². The van der Waals surface area contributed by atoms with Crippen molar-refractivity contribution in [2.45, 2.75) is 19.6 Å². The number of carbonyl (C=O) groups is 2. The second-order valence-electron chi connectivity index (χ2n) is 4.89. The average molecular weight is 333 g/mol. The van der Waals surface area contributed by atoms with Crippen LogP contribution in [-0.4, -0.2) is 31.7 Å². The first-order chi connectivity index (χ1) is 11.6. The highest BCUT2D eigenvalue weighted by Gasteiger charge is 2.18. The van der Waals surface area contributed by atoms with Crippen LogP contribution in [0.25, 0.3) is 0 Å². The number of ether oxygens (including phenoxy) is 3. The van der Waals surface area contributed by atoms with Gasteiger partial charge in [0.05, 0.1) is 19.9 Å². The van der Waals surface area contributed by atoms with E-state index in [9.17, 15) is 9.59 Å². The zero-order chi connectivity index (χ0) is 17.4. The first-order valence-corrected chi connectivity index (χ1v) is 7.35. The molecule has 0 radical (unpaired) electrons. The molecule has 7 heteroatoms. The summed E-state index contributed by atoms with van der Waals surface area (Å²) >= 11 is 0.